The molecule has 0 bridgehead atoms. The van der Waals surface area contributed by atoms with Gasteiger partial charge in [-0.1, -0.05) is 5.16 Å². The van der Waals surface area contributed by atoms with Crippen LogP contribution in [0.2, 0.25) is 0 Å². The zero-order chi connectivity index (χ0) is 15.3. The summed E-state index contributed by atoms with van der Waals surface area (Å²) in [5, 5.41) is 13.9. The van der Waals surface area contributed by atoms with Crippen LogP contribution in [0.5, 0.6) is 0 Å². The third-order valence-electron chi connectivity index (χ3n) is 2.22. The van der Waals surface area contributed by atoms with Gasteiger partial charge in [0.25, 0.3) is 0 Å². The Balaban J connectivity index is 2.68. The van der Waals surface area contributed by atoms with Crippen LogP contribution in [0.15, 0.2) is 23.4 Å². The highest BCUT2D eigenvalue weighted by atomic mass is 19.1. The average molecular weight is 283 g/mol. The van der Waals surface area contributed by atoms with Crippen LogP contribution >= 0.6 is 0 Å². The van der Waals surface area contributed by atoms with Gasteiger partial charge in [0.05, 0.1) is 5.69 Å². The lowest BCUT2D eigenvalue weighted by Crippen LogP contribution is -2.28. The van der Waals surface area contributed by atoms with Gasteiger partial charge < -0.3 is 21.0 Å². The summed E-state index contributed by atoms with van der Waals surface area (Å²) in [5.74, 6) is -1.29. The first-order chi connectivity index (χ1) is 9.23. The molecular formula is C13H18FN3O3. The molecule has 0 aliphatic rings. The van der Waals surface area contributed by atoms with E-state index < -0.39 is 17.4 Å². The van der Waals surface area contributed by atoms with E-state index in [1.165, 1.54) is 12.1 Å². The zero-order valence-corrected chi connectivity index (χ0v) is 11.6. The van der Waals surface area contributed by atoms with E-state index in [1.54, 1.807) is 20.8 Å². The summed E-state index contributed by atoms with van der Waals surface area (Å²) in [6.45, 7) is 5.09. The second kappa shape index (κ2) is 6.23. The molecule has 0 aromatic heterocycles. The molecule has 0 atom stereocenters. The summed E-state index contributed by atoms with van der Waals surface area (Å²) in [5.41, 5.74) is 5.13. The number of nitrogens with zero attached hydrogens (tertiary/aromatic N) is 1. The Morgan fingerprint density at radius 1 is 1.50 bits per heavy atom. The topological polar surface area (TPSA) is 96.9 Å². The molecule has 20 heavy (non-hydrogen) atoms. The number of nitrogens with two attached hydrogens (primary N) is 1. The maximum atomic E-state index is 13.7. The number of rotatable bonds is 4. The summed E-state index contributed by atoms with van der Waals surface area (Å²) in [4.78, 5) is 11.5. The van der Waals surface area contributed by atoms with Crippen molar-refractivity contribution >= 4 is 17.5 Å². The van der Waals surface area contributed by atoms with Crippen LogP contribution in [0.25, 0.3) is 0 Å². The smallest absolute Gasteiger partial charge is 0.325 e. The fourth-order valence-electron chi connectivity index (χ4n) is 1.42. The average Bonchev–Trinajstić information content (AvgIpc) is 2.34. The van der Waals surface area contributed by atoms with Gasteiger partial charge in [0.1, 0.15) is 18.0 Å². The number of oxime groups is 1. The van der Waals surface area contributed by atoms with Crippen molar-refractivity contribution in [1.29, 1.82) is 0 Å². The van der Waals surface area contributed by atoms with E-state index in [9.17, 15) is 9.18 Å². The van der Waals surface area contributed by atoms with Crippen molar-refractivity contribution in [3.63, 3.8) is 0 Å². The van der Waals surface area contributed by atoms with Gasteiger partial charge in [-0.15, -0.1) is 0 Å². The third-order valence-corrected chi connectivity index (χ3v) is 2.22. The number of carbonyl (C=O) groups is 1. The molecule has 1 aromatic rings. The lowest BCUT2D eigenvalue weighted by atomic mass is 10.2. The number of ether oxygens (including phenoxy) is 1. The Hall–Kier alpha value is -2.31. The summed E-state index contributed by atoms with van der Waals surface area (Å²) in [7, 11) is 0. The Kier molecular flexibility index (Phi) is 4.90. The standard InChI is InChI=1S/C13H18FN3O3/c1-13(2,3)20-11(18)7-16-10-5-4-8(6-9(10)14)12(15)17-19/h4-6,16,19H,7H2,1-3H3,(H2,15,17). The SMILES string of the molecule is CC(C)(C)OC(=O)CNc1ccc(/C(N)=N\O)cc1F. The molecule has 0 aliphatic carbocycles. The van der Waals surface area contributed by atoms with Gasteiger partial charge in [-0.2, -0.15) is 0 Å². The number of carbonyl (C=O) groups excluding carboxylic acids is 1. The first-order valence-electron chi connectivity index (χ1n) is 5.96. The highest BCUT2D eigenvalue weighted by Gasteiger charge is 2.16. The molecule has 6 nitrogen and oxygen atoms in total. The fraction of sp³-hybridized carbons (Fsp3) is 0.385. The maximum Gasteiger partial charge on any atom is 0.325 e. The normalized spacial score (nSPS) is 12.1. The van der Waals surface area contributed by atoms with Crippen LogP contribution in [0.4, 0.5) is 10.1 Å². The molecule has 110 valence electrons. The predicted molar refractivity (Wildman–Crippen MR) is 73.2 cm³/mol. The molecule has 0 amide bonds. The van der Waals surface area contributed by atoms with Crippen molar-refractivity contribution in [1.82, 2.24) is 0 Å². The lowest BCUT2D eigenvalue weighted by Gasteiger charge is -2.19. The first-order valence-corrected chi connectivity index (χ1v) is 5.96. The number of benzene rings is 1. The molecule has 0 unspecified atom stereocenters. The molecule has 0 fully saturated rings. The van der Waals surface area contributed by atoms with Crippen molar-refractivity contribution < 1.29 is 19.1 Å². The minimum absolute atomic E-state index is 0.130. The van der Waals surface area contributed by atoms with Crippen LogP contribution in [-0.2, 0) is 9.53 Å². The summed E-state index contributed by atoms with van der Waals surface area (Å²) >= 11 is 0. The quantitative estimate of drug-likeness (QED) is 0.257. The van der Waals surface area contributed by atoms with Gasteiger partial charge in [-0.05, 0) is 39.0 Å². The van der Waals surface area contributed by atoms with Gasteiger partial charge in [0.15, 0.2) is 5.84 Å². The largest absolute Gasteiger partial charge is 0.459 e. The van der Waals surface area contributed by atoms with Crippen molar-refractivity contribution in [3.8, 4) is 0 Å². The van der Waals surface area contributed by atoms with E-state index in [-0.39, 0.29) is 23.6 Å². The number of esters is 1. The van der Waals surface area contributed by atoms with Crippen LogP contribution in [-0.4, -0.2) is 29.2 Å². The monoisotopic (exact) mass is 283 g/mol. The molecule has 4 N–H and O–H groups in total. The van der Waals surface area contributed by atoms with Gasteiger partial charge in [-0.25, -0.2) is 4.39 Å². The molecule has 7 heteroatoms. The molecule has 0 saturated heterocycles. The minimum Gasteiger partial charge on any atom is -0.459 e. The van der Waals surface area contributed by atoms with Crippen LogP contribution in [0, 0.1) is 5.82 Å². The minimum atomic E-state index is -0.613. The molecule has 0 radical (unpaired) electrons. The van der Waals surface area contributed by atoms with E-state index in [4.69, 9.17) is 15.7 Å². The zero-order valence-electron chi connectivity index (χ0n) is 11.6. The predicted octanol–water partition coefficient (Wildman–Crippen LogP) is 1.67. The summed E-state index contributed by atoms with van der Waals surface area (Å²) < 4.78 is 18.8. The number of amidine groups is 1. The van der Waals surface area contributed by atoms with Crippen molar-refractivity contribution in [2.75, 3.05) is 11.9 Å². The summed E-state index contributed by atoms with van der Waals surface area (Å²) in [6.07, 6.45) is 0. The Bertz CT molecular complexity index is 524. The molecular weight excluding hydrogens is 265 g/mol. The van der Waals surface area contributed by atoms with E-state index in [2.05, 4.69) is 10.5 Å². The number of nitrogens with one attached hydrogen (secondary N) is 1. The van der Waals surface area contributed by atoms with Crippen molar-refractivity contribution in [2.24, 2.45) is 10.9 Å². The lowest BCUT2D eigenvalue weighted by molar-refractivity contribution is -0.152. The van der Waals surface area contributed by atoms with E-state index in [0.29, 0.717) is 0 Å². The number of halogens is 1. The maximum absolute atomic E-state index is 13.7. The van der Waals surface area contributed by atoms with Crippen LogP contribution in [0.3, 0.4) is 0 Å². The highest BCUT2D eigenvalue weighted by Crippen LogP contribution is 2.16. The van der Waals surface area contributed by atoms with Crippen LogP contribution < -0.4 is 11.1 Å². The van der Waals surface area contributed by atoms with E-state index >= 15 is 0 Å². The second-order valence-corrected chi connectivity index (χ2v) is 5.12. The first kappa shape index (κ1) is 15.7. The van der Waals surface area contributed by atoms with Gasteiger partial charge >= 0.3 is 5.97 Å². The molecule has 0 heterocycles. The number of hydrogen-bond donors (Lipinski definition) is 3. The summed E-state index contributed by atoms with van der Waals surface area (Å²) in [6, 6.07) is 3.97. The second-order valence-electron chi connectivity index (χ2n) is 5.12. The molecule has 0 spiro atoms. The molecule has 1 aromatic carbocycles. The Morgan fingerprint density at radius 2 is 2.15 bits per heavy atom. The van der Waals surface area contributed by atoms with E-state index in [0.717, 1.165) is 6.07 Å². The Labute approximate surface area is 116 Å². The van der Waals surface area contributed by atoms with Gasteiger partial charge in [0, 0.05) is 5.56 Å². The van der Waals surface area contributed by atoms with E-state index in [1.807, 2.05) is 0 Å². The third kappa shape index (κ3) is 4.75. The fourth-order valence-corrected chi connectivity index (χ4v) is 1.42. The van der Waals surface area contributed by atoms with Crippen LogP contribution in [0.1, 0.15) is 26.3 Å². The molecule has 1 rings (SSSR count). The number of anilines is 1. The van der Waals surface area contributed by atoms with Gasteiger partial charge in [-0.3, -0.25) is 4.79 Å². The number of hydrogen-bond acceptors (Lipinski definition) is 5. The van der Waals surface area contributed by atoms with Crippen molar-refractivity contribution in [3.05, 3.63) is 29.6 Å². The highest BCUT2D eigenvalue weighted by molar-refractivity contribution is 5.97. The molecule has 0 aliphatic heterocycles. The Morgan fingerprint density at radius 3 is 2.65 bits per heavy atom. The molecule has 0 saturated carbocycles. The van der Waals surface area contributed by atoms with Crippen molar-refractivity contribution in [2.45, 2.75) is 26.4 Å². The van der Waals surface area contributed by atoms with Gasteiger partial charge in [0.2, 0.25) is 0 Å².